The molecule has 0 aliphatic carbocycles. The van der Waals surface area contributed by atoms with E-state index in [1.807, 2.05) is 6.07 Å². The Morgan fingerprint density at radius 2 is 2.50 bits per heavy atom. The van der Waals surface area contributed by atoms with Crippen LogP contribution in [0, 0.1) is 0 Å². The van der Waals surface area contributed by atoms with E-state index in [9.17, 15) is 0 Å². The molecule has 0 spiro atoms. The van der Waals surface area contributed by atoms with Crippen molar-refractivity contribution in [3.05, 3.63) is 24.2 Å². The molecule has 0 aromatic carbocycles. The van der Waals surface area contributed by atoms with Crippen LogP contribution in [0.2, 0.25) is 0 Å². The zero-order valence-electron chi connectivity index (χ0n) is 10.1. The van der Waals surface area contributed by atoms with Crippen molar-refractivity contribution in [2.75, 3.05) is 26.2 Å². The monoisotopic (exact) mass is 222 g/mol. The predicted octanol–water partition coefficient (Wildman–Crippen LogP) is 1.90. The molecule has 1 aliphatic rings. The summed E-state index contributed by atoms with van der Waals surface area (Å²) in [5, 5.41) is 3.54. The van der Waals surface area contributed by atoms with Crippen molar-refractivity contribution in [1.29, 1.82) is 0 Å². The summed E-state index contributed by atoms with van der Waals surface area (Å²) in [6, 6.07) is 4.72. The predicted molar refractivity (Wildman–Crippen MR) is 65.6 cm³/mol. The van der Waals surface area contributed by atoms with Crippen LogP contribution in [-0.4, -0.2) is 37.1 Å². The van der Waals surface area contributed by atoms with Gasteiger partial charge in [0.1, 0.15) is 5.76 Å². The van der Waals surface area contributed by atoms with Gasteiger partial charge < -0.3 is 14.6 Å². The smallest absolute Gasteiger partial charge is 0.105 e. The third-order valence-corrected chi connectivity index (χ3v) is 3.25. The summed E-state index contributed by atoms with van der Waals surface area (Å²) in [7, 11) is 0. The van der Waals surface area contributed by atoms with Gasteiger partial charge in [-0.05, 0) is 38.1 Å². The van der Waals surface area contributed by atoms with Gasteiger partial charge in [0.25, 0.3) is 0 Å². The van der Waals surface area contributed by atoms with E-state index in [0.29, 0.717) is 6.04 Å². The third-order valence-electron chi connectivity index (χ3n) is 3.25. The van der Waals surface area contributed by atoms with Gasteiger partial charge in [-0.2, -0.15) is 0 Å². The second-order valence-electron chi connectivity index (χ2n) is 4.53. The minimum Gasteiger partial charge on any atom is -0.469 e. The molecule has 1 fully saturated rings. The standard InChI is InChI=1S/C13H22N2O/c1-2-14-12-5-3-8-15(11-12)9-7-13-6-4-10-16-13/h4,6,10,12,14H,2-3,5,7-9,11H2,1H3. The van der Waals surface area contributed by atoms with Gasteiger partial charge in [-0.1, -0.05) is 6.92 Å². The summed E-state index contributed by atoms with van der Waals surface area (Å²) < 4.78 is 5.36. The number of likely N-dealkylation sites (tertiary alicyclic amines) is 1. The summed E-state index contributed by atoms with van der Waals surface area (Å²) in [6.45, 7) is 6.81. The Morgan fingerprint density at radius 1 is 1.56 bits per heavy atom. The quantitative estimate of drug-likeness (QED) is 0.824. The lowest BCUT2D eigenvalue weighted by Gasteiger charge is -2.32. The van der Waals surface area contributed by atoms with E-state index in [4.69, 9.17) is 4.42 Å². The van der Waals surface area contributed by atoms with Crippen LogP contribution < -0.4 is 5.32 Å². The molecule has 1 N–H and O–H groups in total. The first-order valence-corrected chi connectivity index (χ1v) is 6.36. The number of rotatable bonds is 5. The molecule has 16 heavy (non-hydrogen) atoms. The van der Waals surface area contributed by atoms with Gasteiger partial charge in [0.05, 0.1) is 6.26 Å². The van der Waals surface area contributed by atoms with E-state index >= 15 is 0 Å². The molecule has 0 saturated carbocycles. The van der Waals surface area contributed by atoms with Gasteiger partial charge in [0.2, 0.25) is 0 Å². The van der Waals surface area contributed by atoms with Crippen LogP contribution in [0.1, 0.15) is 25.5 Å². The number of furan rings is 1. The summed E-state index contributed by atoms with van der Waals surface area (Å²) >= 11 is 0. The van der Waals surface area contributed by atoms with Crippen molar-refractivity contribution >= 4 is 0 Å². The van der Waals surface area contributed by atoms with Crippen LogP contribution in [0.5, 0.6) is 0 Å². The fraction of sp³-hybridized carbons (Fsp3) is 0.692. The maximum absolute atomic E-state index is 5.36. The van der Waals surface area contributed by atoms with Crippen LogP contribution in [0.25, 0.3) is 0 Å². The number of nitrogens with one attached hydrogen (secondary N) is 1. The summed E-state index contributed by atoms with van der Waals surface area (Å²) in [4.78, 5) is 2.54. The largest absolute Gasteiger partial charge is 0.469 e. The van der Waals surface area contributed by atoms with Crippen LogP contribution >= 0.6 is 0 Å². The molecule has 90 valence electrons. The molecule has 1 unspecified atom stereocenters. The molecule has 2 heterocycles. The first kappa shape index (κ1) is 11.7. The van der Waals surface area contributed by atoms with Gasteiger partial charge >= 0.3 is 0 Å². The van der Waals surface area contributed by atoms with Crippen molar-refractivity contribution in [2.45, 2.75) is 32.2 Å². The van der Waals surface area contributed by atoms with Crippen LogP contribution in [0.15, 0.2) is 22.8 Å². The normalized spacial score (nSPS) is 22.4. The lowest BCUT2D eigenvalue weighted by atomic mass is 10.1. The van der Waals surface area contributed by atoms with E-state index in [1.165, 1.54) is 25.9 Å². The topological polar surface area (TPSA) is 28.4 Å². The van der Waals surface area contributed by atoms with E-state index in [-0.39, 0.29) is 0 Å². The number of likely N-dealkylation sites (N-methyl/N-ethyl adjacent to an activating group) is 1. The van der Waals surface area contributed by atoms with E-state index in [2.05, 4.69) is 23.2 Å². The number of hydrogen-bond acceptors (Lipinski definition) is 3. The molecule has 0 radical (unpaired) electrons. The molecular formula is C13H22N2O. The Hall–Kier alpha value is -0.800. The fourth-order valence-corrected chi connectivity index (χ4v) is 2.44. The first-order valence-electron chi connectivity index (χ1n) is 6.36. The molecule has 1 aromatic heterocycles. The minimum atomic E-state index is 0.690. The molecular weight excluding hydrogens is 200 g/mol. The molecule has 1 aliphatic heterocycles. The van der Waals surface area contributed by atoms with Gasteiger partial charge in [0.15, 0.2) is 0 Å². The Bertz CT molecular complexity index is 282. The van der Waals surface area contributed by atoms with Crippen LogP contribution in [0.4, 0.5) is 0 Å². The molecule has 0 amide bonds. The Morgan fingerprint density at radius 3 is 3.25 bits per heavy atom. The minimum absolute atomic E-state index is 0.690. The summed E-state index contributed by atoms with van der Waals surface area (Å²) in [5.74, 6) is 1.10. The second kappa shape index (κ2) is 6.06. The zero-order chi connectivity index (χ0) is 11.2. The third kappa shape index (κ3) is 3.35. The van der Waals surface area contributed by atoms with Crippen molar-refractivity contribution in [1.82, 2.24) is 10.2 Å². The summed E-state index contributed by atoms with van der Waals surface area (Å²) in [6.07, 6.45) is 5.43. The lowest BCUT2D eigenvalue weighted by Crippen LogP contribution is -2.46. The Kier molecular flexibility index (Phi) is 4.43. The number of hydrogen-bond donors (Lipinski definition) is 1. The molecule has 0 bridgehead atoms. The molecule has 3 nitrogen and oxygen atoms in total. The van der Waals surface area contributed by atoms with Gasteiger partial charge in [-0.25, -0.2) is 0 Å². The number of nitrogens with zero attached hydrogens (tertiary/aromatic N) is 1. The van der Waals surface area contributed by atoms with Crippen molar-refractivity contribution in [2.24, 2.45) is 0 Å². The van der Waals surface area contributed by atoms with Gasteiger partial charge in [-0.3, -0.25) is 0 Å². The molecule has 1 atom stereocenters. The van der Waals surface area contributed by atoms with E-state index < -0.39 is 0 Å². The number of piperidine rings is 1. The maximum atomic E-state index is 5.36. The van der Waals surface area contributed by atoms with Crippen LogP contribution in [0.3, 0.4) is 0 Å². The highest BCUT2D eigenvalue weighted by atomic mass is 16.3. The Labute approximate surface area is 97.8 Å². The molecule has 2 rings (SSSR count). The van der Waals surface area contributed by atoms with Crippen LogP contribution in [-0.2, 0) is 6.42 Å². The van der Waals surface area contributed by atoms with E-state index in [0.717, 1.165) is 25.3 Å². The highest BCUT2D eigenvalue weighted by molar-refractivity contribution is 4.98. The lowest BCUT2D eigenvalue weighted by molar-refractivity contribution is 0.191. The van der Waals surface area contributed by atoms with Gasteiger partial charge in [-0.15, -0.1) is 0 Å². The first-order chi connectivity index (χ1) is 7.88. The summed E-state index contributed by atoms with van der Waals surface area (Å²) in [5.41, 5.74) is 0. The second-order valence-corrected chi connectivity index (χ2v) is 4.53. The fourth-order valence-electron chi connectivity index (χ4n) is 2.44. The highest BCUT2D eigenvalue weighted by Gasteiger charge is 2.18. The van der Waals surface area contributed by atoms with Crippen molar-refractivity contribution in [3.8, 4) is 0 Å². The average molecular weight is 222 g/mol. The average Bonchev–Trinajstić information content (AvgIpc) is 2.80. The Balaban J connectivity index is 1.72. The van der Waals surface area contributed by atoms with E-state index in [1.54, 1.807) is 6.26 Å². The zero-order valence-corrected chi connectivity index (χ0v) is 10.1. The highest BCUT2D eigenvalue weighted by Crippen LogP contribution is 2.11. The molecule has 1 saturated heterocycles. The van der Waals surface area contributed by atoms with Crippen molar-refractivity contribution in [3.63, 3.8) is 0 Å². The van der Waals surface area contributed by atoms with Crippen molar-refractivity contribution < 1.29 is 4.42 Å². The van der Waals surface area contributed by atoms with Gasteiger partial charge in [0, 0.05) is 25.6 Å². The molecule has 3 heteroatoms. The molecule has 1 aromatic rings. The maximum Gasteiger partial charge on any atom is 0.105 e. The SMILES string of the molecule is CCNC1CCCN(CCc2ccco2)C1.